The maximum atomic E-state index is 13.3. The van der Waals surface area contributed by atoms with Crippen molar-refractivity contribution in [3.63, 3.8) is 0 Å². The molecule has 2 N–H and O–H groups in total. The van der Waals surface area contributed by atoms with Gasteiger partial charge in [-0.1, -0.05) is 12.1 Å². The number of ether oxygens (including phenoxy) is 1. The number of fused-ring (bicyclic) bond motifs is 1. The SMILES string of the molecule is COCCCNC(=O)c1nc(C(=O)Nc2cccc(F)c2)n2ccccc12. The molecular formula is C19H19FN4O3. The molecule has 0 fully saturated rings. The van der Waals surface area contributed by atoms with Crippen LogP contribution >= 0.6 is 0 Å². The zero-order chi connectivity index (χ0) is 19.2. The Labute approximate surface area is 155 Å². The second-order valence-corrected chi connectivity index (χ2v) is 5.81. The van der Waals surface area contributed by atoms with Crippen LogP contribution in [0.1, 0.15) is 27.5 Å². The third-order valence-corrected chi connectivity index (χ3v) is 3.86. The topological polar surface area (TPSA) is 84.7 Å². The van der Waals surface area contributed by atoms with E-state index in [4.69, 9.17) is 4.74 Å². The minimum Gasteiger partial charge on any atom is -0.385 e. The van der Waals surface area contributed by atoms with E-state index in [9.17, 15) is 14.0 Å². The largest absolute Gasteiger partial charge is 0.385 e. The fraction of sp³-hybridized carbons (Fsp3) is 0.211. The summed E-state index contributed by atoms with van der Waals surface area (Å²) in [6, 6.07) is 10.7. The van der Waals surface area contributed by atoms with E-state index < -0.39 is 11.7 Å². The highest BCUT2D eigenvalue weighted by Gasteiger charge is 2.21. The second kappa shape index (κ2) is 8.41. The van der Waals surface area contributed by atoms with E-state index in [0.717, 1.165) is 0 Å². The van der Waals surface area contributed by atoms with Crippen LogP contribution in [0, 0.1) is 5.82 Å². The molecule has 0 saturated heterocycles. The van der Waals surface area contributed by atoms with Gasteiger partial charge in [-0.25, -0.2) is 9.37 Å². The fourth-order valence-electron chi connectivity index (χ4n) is 2.62. The average molecular weight is 370 g/mol. The Hall–Kier alpha value is -3.26. The van der Waals surface area contributed by atoms with Crippen molar-refractivity contribution in [1.29, 1.82) is 0 Å². The lowest BCUT2D eigenvalue weighted by Gasteiger charge is -2.04. The van der Waals surface area contributed by atoms with Crippen molar-refractivity contribution in [1.82, 2.24) is 14.7 Å². The summed E-state index contributed by atoms with van der Waals surface area (Å²) in [5, 5.41) is 5.35. The summed E-state index contributed by atoms with van der Waals surface area (Å²) in [5.74, 6) is -1.34. The lowest BCUT2D eigenvalue weighted by Crippen LogP contribution is -2.26. The number of imidazole rings is 1. The van der Waals surface area contributed by atoms with Gasteiger partial charge in [-0.15, -0.1) is 0 Å². The molecule has 0 spiro atoms. The quantitative estimate of drug-likeness (QED) is 0.626. The van der Waals surface area contributed by atoms with Crippen LogP contribution in [0.25, 0.3) is 5.52 Å². The first-order valence-corrected chi connectivity index (χ1v) is 8.41. The van der Waals surface area contributed by atoms with Gasteiger partial charge in [-0.3, -0.25) is 14.0 Å². The van der Waals surface area contributed by atoms with Gasteiger partial charge in [-0.05, 0) is 36.8 Å². The minimum absolute atomic E-state index is 0.0388. The lowest BCUT2D eigenvalue weighted by atomic mass is 10.3. The van der Waals surface area contributed by atoms with Gasteiger partial charge in [0.25, 0.3) is 11.8 Å². The number of carbonyl (C=O) groups is 2. The molecule has 2 heterocycles. The van der Waals surface area contributed by atoms with Gasteiger partial charge < -0.3 is 15.4 Å². The number of anilines is 1. The van der Waals surface area contributed by atoms with Crippen molar-refractivity contribution >= 4 is 23.0 Å². The molecule has 0 atom stereocenters. The van der Waals surface area contributed by atoms with E-state index >= 15 is 0 Å². The Morgan fingerprint density at radius 2 is 2.04 bits per heavy atom. The third-order valence-electron chi connectivity index (χ3n) is 3.86. The van der Waals surface area contributed by atoms with E-state index in [1.165, 1.54) is 22.6 Å². The monoisotopic (exact) mass is 370 g/mol. The van der Waals surface area contributed by atoms with Crippen LogP contribution in [0.3, 0.4) is 0 Å². The van der Waals surface area contributed by atoms with Crippen molar-refractivity contribution in [3.05, 3.63) is 66.0 Å². The van der Waals surface area contributed by atoms with Crippen molar-refractivity contribution in [2.45, 2.75) is 6.42 Å². The highest BCUT2D eigenvalue weighted by molar-refractivity contribution is 6.06. The highest BCUT2D eigenvalue weighted by Crippen LogP contribution is 2.16. The molecule has 3 aromatic rings. The van der Waals surface area contributed by atoms with E-state index in [1.807, 2.05) is 0 Å². The van der Waals surface area contributed by atoms with Gasteiger partial charge in [0, 0.05) is 32.1 Å². The van der Waals surface area contributed by atoms with Gasteiger partial charge in [0.15, 0.2) is 5.69 Å². The van der Waals surface area contributed by atoms with Crippen LogP contribution in [0.15, 0.2) is 48.7 Å². The number of amides is 2. The molecule has 27 heavy (non-hydrogen) atoms. The third kappa shape index (κ3) is 4.29. The number of hydrogen-bond donors (Lipinski definition) is 2. The van der Waals surface area contributed by atoms with Crippen LogP contribution in [0.4, 0.5) is 10.1 Å². The van der Waals surface area contributed by atoms with Crippen LogP contribution in [0.5, 0.6) is 0 Å². The zero-order valence-electron chi connectivity index (χ0n) is 14.7. The van der Waals surface area contributed by atoms with E-state index in [1.54, 1.807) is 37.6 Å². The first-order valence-electron chi connectivity index (χ1n) is 8.41. The number of carbonyl (C=O) groups excluding carboxylic acids is 2. The Bertz CT molecular complexity index is 970. The molecule has 1 aromatic carbocycles. The highest BCUT2D eigenvalue weighted by atomic mass is 19.1. The van der Waals surface area contributed by atoms with Crippen LogP contribution in [0.2, 0.25) is 0 Å². The molecule has 2 aromatic heterocycles. The molecule has 0 radical (unpaired) electrons. The van der Waals surface area contributed by atoms with Gasteiger partial charge in [0.2, 0.25) is 5.82 Å². The molecule has 7 nitrogen and oxygen atoms in total. The molecule has 0 aliphatic rings. The lowest BCUT2D eigenvalue weighted by molar-refractivity contribution is 0.0946. The number of nitrogens with one attached hydrogen (secondary N) is 2. The molecule has 3 rings (SSSR count). The van der Waals surface area contributed by atoms with Crippen LogP contribution < -0.4 is 10.6 Å². The van der Waals surface area contributed by atoms with Gasteiger partial charge in [-0.2, -0.15) is 0 Å². The molecule has 0 unspecified atom stereocenters. The molecule has 0 aliphatic heterocycles. The van der Waals surface area contributed by atoms with E-state index in [0.29, 0.717) is 30.8 Å². The predicted molar refractivity (Wildman–Crippen MR) is 98.4 cm³/mol. The molecule has 0 aliphatic carbocycles. The van der Waals surface area contributed by atoms with E-state index in [2.05, 4.69) is 15.6 Å². The minimum atomic E-state index is -0.541. The van der Waals surface area contributed by atoms with Crippen LogP contribution in [-0.2, 0) is 4.74 Å². The second-order valence-electron chi connectivity index (χ2n) is 5.81. The smallest absolute Gasteiger partial charge is 0.292 e. The Kier molecular flexibility index (Phi) is 5.77. The summed E-state index contributed by atoms with van der Waals surface area (Å²) < 4.78 is 19.8. The van der Waals surface area contributed by atoms with Crippen molar-refractivity contribution in [2.24, 2.45) is 0 Å². The molecular weight excluding hydrogens is 351 g/mol. The van der Waals surface area contributed by atoms with Crippen molar-refractivity contribution in [2.75, 3.05) is 25.6 Å². The number of benzene rings is 1. The zero-order valence-corrected chi connectivity index (χ0v) is 14.7. The number of halogens is 1. The summed E-state index contributed by atoms with van der Waals surface area (Å²) >= 11 is 0. The van der Waals surface area contributed by atoms with Crippen LogP contribution in [-0.4, -0.2) is 41.5 Å². The summed E-state index contributed by atoms with van der Waals surface area (Å²) in [4.78, 5) is 29.3. The molecule has 140 valence electrons. The maximum absolute atomic E-state index is 13.3. The Morgan fingerprint density at radius 3 is 2.81 bits per heavy atom. The molecule has 2 amide bonds. The Balaban J connectivity index is 1.85. The predicted octanol–water partition coefficient (Wildman–Crippen LogP) is 2.49. The number of methoxy groups -OCH3 is 1. The van der Waals surface area contributed by atoms with Gasteiger partial charge >= 0.3 is 0 Å². The molecule has 0 saturated carbocycles. The maximum Gasteiger partial charge on any atom is 0.292 e. The van der Waals surface area contributed by atoms with Gasteiger partial charge in [0.05, 0.1) is 5.52 Å². The summed E-state index contributed by atoms with van der Waals surface area (Å²) in [5.41, 5.74) is 0.960. The first-order chi connectivity index (χ1) is 13.1. The fourth-order valence-corrected chi connectivity index (χ4v) is 2.62. The number of aromatic nitrogens is 2. The molecule has 0 bridgehead atoms. The summed E-state index contributed by atoms with van der Waals surface area (Å²) in [6.45, 7) is 0.967. The number of hydrogen-bond acceptors (Lipinski definition) is 4. The van der Waals surface area contributed by atoms with Crippen molar-refractivity contribution < 1.29 is 18.7 Å². The summed E-state index contributed by atoms with van der Waals surface area (Å²) in [7, 11) is 1.59. The number of rotatable bonds is 7. The molecule has 8 heteroatoms. The standard InChI is InChI=1S/C19H19FN4O3/c1-27-11-5-9-21-18(25)16-15-8-2-3-10-24(15)17(23-16)19(26)22-14-7-4-6-13(20)12-14/h2-4,6-8,10,12H,5,9,11H2,1H3,(H,21,25)(H,22,26). The number of pyridine rings is 1. The summed E-state index contributed by atoms with van der Waals surface area (Å²) in [6.07, 6.45) is 2.31. The first kappa shape index (κ1) is 18.5. The van der Waals surface area contributed by atoms with Crippen molar-refractivity contribution in [3.8, 4) is 0 Å². The van der Waals surface area contributed by atoms with Gasteiger partial charge in [0.1, 0.15) is 5.82 Å². The average Bonchev–Trinajstić information content (AvgIpc) is 3.05. The number of nitrogens with zero attached hydrogens (tertiary/aromatic N) is 2. The Morgan fingerprint density at radius 1 is 1.19 bits per heavy atom. The normalized spacial score (nSPS) is 10.7. The van der Waals surface area contributed by atoms with E-state index in [-0.39, 0.29) is 17.4 Å².